The van der Waals surface area contributed by atoms with E-state index in [0.717, 1.165) is 6.42 Å². The maximum atomic E-state index is 10.5. The van der Waals surface area contributed by atoms with E-state index in [9.17, 15) is 4.79 Å². The second-order valence-electron chi connectivity index (χ2n) is 5.94. The lowest BCUT2D eigenvalue weighted by atomic mass is 10.1. The summed E-state index contributed by atoms with van der Waals surface area (Å²) in [5.74, 6) is -0.207. The highest BCUT2D eigenvalue weighted by Gasteiger charge is 1.91. The average molecular weight is 309 g/mol. The molecule has 0 aliphatic carbocycles. The first-order valence-corrected chi connectivity index (χ1v) is 9.20. The third-order valence-corrected chi connectivity index (χ3v) is 3.68. The zero-order chi connectivity index (χ0) is 16.3. The fourth-order valence-corrected chi connectivity index (χ4v) is 2.32. The molecule has 0 heterocycles. The van der Waals surface area contributed by atoms with E-state index in [0.29, 0.717) is 6.61 Å². The van der Waals surface area contributed by atoms with Crippen molar-refractivity contribution in [1.82, 2.24) is 0 Å². The Morgan fingerprint density at radius 3 is 1.68 bits per heavy atom. The molecule has 0 rings (SSSR count). The van der Waals surface area contributed by atoms with Crippen molar-refractivity contribution in [1.29, 1.82) is 0 Å². The lowest BCUT2D eigenvalue weighted by Crippen LogP contribution is -1.97. The van der Waals surface area contributed by atoms with Gasteiger partial charge in [0, 0.05) is 6.92 Å². The van der Waals surface area contributed by atoms with Crippen LogP contribution in [0.2, 0.25) is 0 Å². The predicted octanol–water partition coefficient (Wildman–Crippen LogP) is 6.36. The van der Waals surface area contributed by atoms with Crippen LogP contribution < -0.4 is 0 Å². The van der Waals surface area contributed by atoms with Gasteiger partial charge in [0.15, 0.2) is 0 Å². The van der Waals surface area contributed by atoms with E-state index in [1.165, 1.54) is 77.6 Å². The second kappa shape index (κ2) is 18.0. The Kier molecular flexibility index (Phi) is 17.1. The third-order valence-electron chi connectivity index (χ3n) is 3.68. The highest BCUT2D eigenvalue weighted by Crippen LogP contribution is 2.10. The normalized spacial score (nSPS) is 11.5. The molecule has 0 aromatic heterocycles. The van der Waals surface area contributed by atoms with Gasteiger partial charge in [-0.15, -0.1) is 0 Å². The third kappa shape index (κ3) is 18.9. The molecule has 0 aliphatic rings. The van der Waals surface area contributed by atoms with E-state index in [-0.39, 0.29) is 5.97 Å². The monoisotopic (exact) mass is 308 g/mol. The molecule has 0 spiro atoms. The number of ether oxygens (including phenoxy) is 1. The summed E-state index contributed by atoms with van der Waals surface area (Å²) in [6.07, 6.45) is 24.4. The average Bonchev–Trinajstić information content (AvgIpc) is 2.50. The number of allylic oxidation sites excluding steroid dienone is 3. The van der Waals surface area contributed by atoms with Gasteiger partial charge in [0.1, 0.15) is 6.61 Å². The van der Waals surface area contributed by atoms with Crippen molar-refractivity contribution in [3.8, 4) is 0 Å². The Bertz CT molecular complexity index is 292. The minimum atomic E-state index is -0.207. The van der Waals surface area contributed by atoms with E-state index >= 15 is 0 Å². The molecule has 0 atom stereocenters. The molecule has 0 amide bonds. The van der Waals surface area contributed by atoms with Crippen molar-refractivity contribution >= 4 is 5.97 Å². The van der Waals surface area contributed by atoms with E-state index in [4.69, 9.17) is 4.74 Å². The van der Waals surface area contributed by atoms with Crippen molar-refractivity contribution in [3.05, 3.63) is 24.3 Å². The lowest BCUT2D eigenvalue weighted by Gasteiger charge is -2.00. The van der Waals surface area contributed by atoms with E-state index in [2.05, 4.69) is 25.2 Å². The molecule has 0 N–H and O–H groups in total. The summed E-state index contributed by atoms with van der Waals surface area (Å²) in [6, 6.07) is 0. The summed E-state index contributed by atoms with van der Waals surface area (Å²) in [4.78, 5) is 10.5. The molecule has 0 radical (unpaired) electrons. The molecule has 2 heteroatoms. The quantitative estimate of drug-likeness (QED) is 0.200. The minimum absolute atomic E-state index is 0.207. The van der Waals surface area contributed by atoms with Crippen LogP contribution in [0.4, 0.5) is 0 Å². The second-order valence-corrected chi connectivity index (χ2v) is 5.94. The van der Waals surface area contributed by atoms with Crippen LogP contribution in [0.15, 0.2) is 24.3 Å². The number of carbonyl (C=O) groups is 1. The molecule has 0 aromatic rings. The zero-order valence-corrected chi connectivity index (χ0v) is 14.8. The van der Waals surface area contributed by atoms with Gasteiger partial charge in [-0.05, 0) is 32.1 Å². The van der Waals surface area contributed by atoms with Gasteiger partial charge in [-0.3, -0.25) is 4.79 Å². The first kappa shape index (κ1) is 20.9. The van der Waals surface area contributed by atoms with Crippen LogP contribution in [0.1, 0.15) is 90.9 Å². The standard InChI is InChI=1S/C20H36O2/c1-3-4-5-6-7-8-9-10-11-12-13-14-15-16-17-18-19-22-20(2)21/h6-7,17-18H,3-5,8-16,19H2,1-2H3/b7-6-,18-17-. The van der Waals surface area contributed by atoms with Gasteiger partial charge in [0.2, 0.25) is 0 Å². The van der Waals surface area contributed by atoms with Crippen LogP contribution in [0.5, 0.6) is 0 Å². The van der Waals surface area contributed by atoms with E-state index < -0.39 is 0 Å². The topological polar surface area (TPSA) is 26.3 Å². The number of hydrogen-bond donors (Lipinski definition) is 0. The minimum Gasteiger partial charge on any atom is -0.462 e. The smallest absolute Gasteiger partial charge is 0.302 e. The first-order valence-electron chi connectivity index (χ1n) is 9.20. The van der Waals surface area contributed by atoms with Crippen molar-refractivity contribution in [2.75, 3.05) is 6.61 Å². The summed E-state index contributed by atoms with van der Waals surface area (Å²) in [5, 5.41) is 0. The zero-order valence-electron chi connectivity index (χ0n) is 14.8. The van der Waals surface area contributed by atoms with E-state index in [1.807, 2.05) is 6.08 Å². The molecule has 0 unspecified atom stereocenters. The molecule has 22 heavy (non-hydrogen) atoms. The highest BCUT2D eigenvalue weighted by molar-refractivity contribution is 5.65. The van der Waals surface area contributed by atoms with Gasteiger partial charge >= 0.3 is 5.97 Å². The fraction of sp³-hybridized carbons (Fsp3) is 0.750. The molecule has 0 saturated heterocycles. The number of esters is 1. The molecule has 128 valence electrons. The number of rotatable bonds is 15. The maximum absolute atomic E-state index is 10.5. The maximum Gasteiger partial charge on any atom is 0.302 e. The van der Waals surface area contributed by atoms with Crippen LogP contribution in [-0.4, -0.2) is 12.6 Å². The molecular weight excluding hydrogens is 272 g/mol. The number of hydrogen-bond acceptors (Lipinski definition) is 2. The Morgan fingerprint density at radius 2 is 1.18 bits per heavy atom. The van der Waals surface area contributed by atoms with Crippen LogP contribution in [0.3, 0.4) is 0 Å². The summed E-state index contributed by atoms with van der Waals surface area (Å²) < 4.78 is 4.83. The van der Waals surface area contributed by atoms with Crippen LogP contribution in [0, 0.1) is 0 Å². The summed E-state index contributed by atoms with van der Waals surface area (Å²) >= 11 is 0. The first-order chi connectivity index (χ1) is 10.8. The Labute approximate surface area is 138 Å². The van der Waals surface area contributed by atoms with Gasteiger partial charge in [0.05, 0.1) is 0 Å². The van der Waals surface area contributed by atoms with Crippen molar-refractivity contribution in [3.63, 3.8) is 0 Å². The molecule has 0 fully saturated rings. The molecule has 0 aromatic carbocycles. The number of unbranched alkanes of at least 4 members (excludes halogenated alkanes) is 10. The van der Waals surface area contributed by atoms with Gasteiger partial charge < -0.3 is 4.74 Å². The molecule has 0 aliphatic heterocycles. The van der Waals surface area contributed by atoms with Gasteiger partial charge in [0.25, 0.3) is 0 Å². The number of carbonyl (C=O) groups excluding carboxylic acids is 1. The Balaban J connectivity index is 3.11. The van der Waals surface area contributed by atoms with Crippen LogP contribution in [-0.2, 0) is 9.53 Å². The highest BCUT2D eigenvalue weighted by atomic mass is 16.5. The molecule has 0 saturated carbocycles. The van der Waals surface area contributed by atoms with Gasteiger partial charge in [-0.1, -0.05) is 76.2 Å². The summed E-state index contributed by atoms with van der Waals surface area (Å²) in [6.45, 7) is 4.10. The molecule has 2 nitrogen and oxygen atoms in total. The van der Waals surface area contributed by atoms with Crippen LogP contribution >= 0.6 is 0 Å². The van der Waals surface area contributed by atoms with Crippen molar-refractivity contribution in [2.24, 2.45) is 0 Å². The fourth-order valence-electron chi connectivity index (χ4n) is 2.32. The molecule has 0 bridgehead atoms. The summed E-state index contributed by atoms with van der Waals surface area (Å²) in [5.41, 5.74) is 0. The van der Waals surface area contributed by atoms with Crippen LogP contribution in [0.25, 0.3) is 0 Å². The van der Waals surface area contributed by atoms with Gasteiger partial charge in [-0.25, -0.2) is 0 Å². The SMILES string of the molecule is CCCC/C=C\CCCCCCCCC/C=C\COC(C)=O. The van der Waals surface area contributed by atoms with Crippen molar-refractivity contribution < 1.29 is 9.53 Å². The predicted molar refractivity (Wildman–Crippen MR) is 96.0 cm³/mol. The van der Waals surface area contributed by atoms with E-state index in [1.54, 1.807) is 0 Å². The van der Waals surface area contributed by atoms with Gasteiger partial charge in [-0.2, -0.15) is 0 Å². The largest absolute Gasteiger partial charge is 0.462 e. The Hall–Kier alpha value is -1.05. The van der Waals surface area contributed by atoms with Crippen molar-refractivity contribution in [2.45, 2.75) is 90.9 Å². The molecular formula is C20H36O2. The summed E-state index contributed by atoms with van der Waals surface area (Å²) in [7, 11) is 0. The Morgan fingerprint density at radius 1 is 0.727 bits per heavy atom. The lowest BCUT2D eigenvalue weighted by molar-refractivity contribution is -0.139.